The summed E-state index contributed by atoms with van der Waals surface area (Å²) >= 11 is 6.18. The van der Waals surface area contributed by atoms with Crippen LogP contribution in [-0.2, 0) is 14.8 Å². The van der Waals surface area contributed by atoms with Gasteiger partial charge in [-0.15, -0.1) is 0 Å². The highest BCUT2D eigenvalue weighted by molar-refractivity contribution is 7.88. The first-order chi connectivity index (χ1) is 12.3. The van der Waals surface area contributed by atoms with Crippen molar-refractivity contribution < 1.29 is 22.7 Å². The van der Waals surface area contributed by atoms with E-state index in [4.69, 9.17) is 21.1 Å². The van der Waals surface area contributed by atoms with Crippen molar-refractivity contribution in [1.29, 1.82) is 0 Å². The molecule has 0 unspecified atom stereocenters. The predicted molar refractivity (Wildman–Crippen MR) is 99.1 cm³/mol. The third-order valence-corrected chi connectivity index (χ3v) is 5.90. The first-order valence-electron chi connectivity index (χ1n) is 8.36. The normalized spacial score (nSPS) is 18.8. The Morgan fingerprint density at radius 3 is 2.65 bits per heavy atom. The second-order valence-electron chi connectivity index (χ2n) is 6.31. The molecule has 1 saturated heterocycles. The summed E-state index contributed by atoms with van der Waals surface area (Å²) in [4.78, 5) is 12.1. The third kappa shape index (κ3) is 4.69. The lowest BCUT2D eigenvalue weighted by Gasteiger charge is -2.30. The lowest BCUT2D eigenvalue weighted by molar-refractivity contribution is -0.117. The molecule has 1 N–H and O–H groups in total. The number of rotatable bonds is 4. The third-order valence-electron chi connectivity index (χ3n) is 4.32. The summed E-state index contributed by atoms with van der Waals surface area (Å²) in [6, 6.07) is 3.45. The number of nitrogens with one attached hydrogen (secondary N) is 1. The number of halogens is 1. The van der Waals surface area contributed by atoms with Crippen LogP contribution in [0.25, 0.3) is 6.08 Å². The molecule has 0 atom stereocenters. The van der Waals surface area contributed by atoms with Crippen LogP contribution in [0.5, 0.6) is 11.5 Å². The van der Waals surface area contributed by atoms with Crippen molar-refractivity contribution in [2.24, 2.45) is 0 Å². The Kier molecular flexibility index (Phi) is 5.74. The number of carbonyl (C=O) groups excluding carboxylic acids is 1. The minimum Gasteiger partial charge on any atom is -0.486 e. The van der Waals surface area contributed by atoms with Crippen molar-refractivity contribution >= 4 is 33.6 Å². The Bertz CT molecular complexity index is 817. The Morgan fingerprint density at radius 2 is 1.96 bits per heavy atom. The average molecular weight is 401 g/mol. The first kappa shape index (κ1) is 19.0. The van der Waals surface area contributed by atoms with Crippen LogP contribution in [0.15, 0.2) is 18.2 Å². The fraction of sp³-hybridized carbons (Fsp3) is 0.471. The molecule has 0 bridgehead atoms. The van der Waals surface area contributed by atoms with E-state index < -0.39 is 10.0 Å². The summed E-state index contributed by atoms with van der Waals surface area (Å²) in [6.07, 6.45) is 5.49. The van der Waals surface area contributed by atoms with Gasteiger partial charge in [-0.3, -0.25) is 4.79 Å². The monoisotopic (exact) mass is 400 g/mol. The molecule has 1 aromatic carbocycles. The molecule has 2 aliphatic heterocycles. The maximum absolute atomic E-state index is 12.1. The average Bonchev–Trinajstić information content (AvgIpc) is 2.60. The summed E-state index contributed by atoms with van der Waals surface area (Å²) < 4.78 is 35.4. The van der Waals surface area contributed by atoms with E-state index in [0.717, 1.165) is 5.56 Å². The van der Waals surface area contributed by atoms with Gasteiger partial charge in [-0.1, -0.05) is 11.6 Å². The molecule has 1 amide bonds. The van der Waals surface area contributed by atoms with Crippen molar-refractivity contribution in [3.05, 3.63) is 28.8 Å². The molecule has 0 radical (unpaired) electrons. The van der Waals surface area contributed by atoms with Gasteiger partial charge < -0.3 is 14.8 Å². The second kappa shape index (κ2) is 7.85. The standard InChI is InChI=1S/C17H21ClN2O5S/c1-26(22,23)20-6-4-13(5-7-20)19-16(21)3-2-12-10-14(18)17-15(11-12)24-8-9-25-17/h2-3,10-11,13H,4-9H2,1H3,(H,19,21)/b3-2+. The molecule has 2 aliphatic rings. The lowest BCUT2D eigenvalue weighted by atomic mass is 10.1. The summed E-state index contributed by atoms with van der Waals surface area (Å²) in [5.41, 5.74) is 0.737. The minimum atomic E-state index is -3.16. The van der Waals surface area contributed by atoms with E-state index in [-0.39, 0.29) is 11.9 Å². The van der Waals surface area contributed by atoms with Crippen molar-refractivity contribution in [1.82, 2.24) is 9.62 Å². The van der Waals surface area contributed by atoms with Gasteiger partial charge in [0.2, 0.25) is 15.9 Å². The Morgan fingerprint density at radius 1 is 1.27 bits per heavy atom. The number of ether oxygens (including phenoxy) is 2. The van der Waals surface area contributed by atoms with Crippen LogP contribution in [0.4, 0.5) is 0 Å². The molecule has 7 nitrogen and oxygen atoms in total. The number of fused-ring (bicyclic) bond motifs is 1. The molecule has 1 fully saturated rings. The number of hydrogen-bond acceptors (Lipinski definition) is 5. The molecular weight excluding hydrogens is 380 g/mol. The first-order valence-corrected chi connectivity index (χ1v) is 10.6. The van der Waals surface area contributed by atoms with E-state index in [0.29, 0.717) is 55.7 Å². The fourth-order valence-corrected chi connectivity index (χ4v) is 4.13. The molecular formula is C17H21ClN2O5S. The minimum absolute atomic E-state index is 0.0333. The number of benzene rings is 1. The van der Waals surface area contributed by atoms with Gasteiger partial charge in [-0.2, -0.15) is 0 Å². The molecule has 2 heterocycles. The van der Waals surface area contributed by atoms with E-state index in [1.54, 1.807) is 18.2 Å². The number of carbonyl (C=O) groups is 1. The maximum atomic E-state index is 12.1. The number of piperidine rings is 1. The highest BCUT2D eigenvalue weighted by Crippen LogP contribution is 2.38. The summed E-state index contributed by atoms with van der Waals surface area (Å²) in [5.74, 6) is 0.864. The van der Waals surface area contributed by atoms with Gasteiger partial charge in [0.1, 0.15) is 13.2 Å². The van der Waals surface area contributed by atoms with Crippen molar-refractivity contribution in [3.63, 3.8) is 0 Å². The van der Waals surface area contributed by atoms with Crippen LogP contribution in [0.2, 0.25) is 5.02 Å². The molecule has 1 aromatic rings. The number of nitrogens with zero attached hydrogens (tertiary/aromatic N) is 1. The smallest absolute Gasteiger partial charge is 0.244 e. The van der Waals surface area contributed by atoms with Gasteiger partial charge in [0.15, 0.2) is 11.5 Å². The van der Waals surface area contributed by atoms with E-state index in [9.17, 15) is 13.2 Å². The molecule has 3 rings (SSSR count). The number of sulfonamides is 1. The van der Waals surface area contributed by atoms with E-state index in [1.807, 2.05) is 0 Å². The maximum Gasteiger partial charge on any atom is 0.244 e. The van der Waals surface area contributed by atoms with Crippen molar-refractivity contribution in [2.45, 2.75) is 18.9 Å². The molecule has 142 valence electrons. The van der Waals surface area contributed by atoms with Gasteiger partial charge in [0, 0.05) is 25.2 Å². The summed E-state index contributed by atoms with van der Waals surface area (Å²) in [6.45, 7) is 1.77. The quantitative estimate of drug-likeness (QED) is 0.777. The van der Waals surface area contributed by atoms with E-state index >= 15 is 0 Å². The largest absolute Gasteiger partial charge is 0.486 e. The summed E-state index contributed by atoms with van der Waals surface area (Å²) in [5, 5.41) is 3.34. The van der Waals surface area contributed by atoms with Crippen molar-refractivity contribution in [2.75, 3.05) is 32.6 Å². The van der Waals surface area contributed by atoms with Crippen LogP contribution in [-0.4, -0.2) is 57.2 Å². The van der Waals surface area contributed by atoms with Gasteiger partial charge in [0.05, 0.1) is 11.3 Å². The Labute approximate surface area is 158 Å². The van der Waals surface area contributed by atoms with Crippen LogP contribution in [0.1, 0.15) is 18.4 Å². The van der Waals surface area contributed by atoms with Gasteiger partial charge in [-0.05, 0) is 36.6 Å². The molecule has 0 saturated carbocycles. The highest BCUT2D eigenvalue weighted by atomic mass is 35.5. The molecule has 0 spiro atoms. The Hall–Kier alpha value is -1.77. The van der Waals surface area contributed by atoms with Gasteiger partial charge >= 0.3 is 0 Å². The fourth-order valence-electron chi connectivity index (χ4n) is 2.98. The molecule has 0 aliphatic carbocycles. The molecule has 0 aromatic heterocycles. The zero-order chi connectivity index (χ0) is 18.7. The SMILES string of the molecule is CS(=O)(=O)N1CCC(NC(=O)/C=C/c2cc(Cl)c3c(c2)OCCO3)CC1. The zero-order valence-electron chi connectivity index (χ0n) is 14.4. The summed E-state index contributed by atoms with van der Waals surface area (Å²) in [7, 11) is -3.16. The number of hydrogen-bond donors (Lipinski definition) is 1. The predicted octanol–water partition coefficient (Wildman–Crippen LogP) is 1.66. The van der Waals surface area contributed by atoms with Crippen LogP contribution >= 0.6 is 11.6 Å². The van der Waals surface area contributed by atoms with E-state index in [2.05, 4.69) is 5.32 Å². The number of amides is 1. The molecule has 9 heteroatoms. The Balaban J connectivity index is 1.56. The van der Waals surface area contributed by atoms with Crippen LogP contribution in [0.3, 0.4) is 0 Å². The highest BCUT2D eigenvalue weighted by Gasteiger charge is 2.25. The second-order valence-corrected chi connectivity index (χ2v) is 8.69. The van der Waals surface area contributed by atoms with E-state index in [1.165, 1.54) is 16.6 Å². The topological polar surface area (TPSA) is 84.9 Å². The zero-order valence-corrected chi connectivity index (χ0v) is 16.0. The van der Waals surface area contributed by atoms with Crippen molar-refractivity contribution in [3.8, 4) is 11.5 Å². The molecule has 26 heavy (non-hydrogen) atoms. The van der Waals surface area contributed by atoms with Gasteiger partial charge in [-0.25, -0.2) is 12.7 Å². The van der Waals surface area contributed by atoms with Gasteiger partial charge in [0.25, 0.3) is 0 Å². The lowest BCUT2D eigenvalue weighted by Crippen LogP contribution is -2.45. The van der Waals surface area contributed by atoms with Crippen LogP contribution in [0, 0.1) is 0 Å². The van der Waals surface area contributed by atoms with Crippen LogP contribution < -0.4 is 14.8 Å².